The predicted octanol–water partition coefficient (Wildman–Crippen LogP) is 2.77. The molecule has 1 aromatic heterocycles. The quantitative estimate of drug-likeness (QED) is 0.922. The van der Waals surface area contributed by atoms with Crippen LogP contribution in [0.4, 0.5) is 8.78 Å². The van der Waals surface area contributed by atoms with Crippen LogP contribution in [0.2, 0.25) is 0 Å². The Morgan fingerprint density at radius 1 is 1.16 bits per heavy atom. The Morgan fingerprint density at radius 3 is 2.47 bits per heavy atom. The van der Waals surface area contributed by atoms with Crippen molar-refractivity contribution < 1.29 is 18.7 Å². The molecule has 0 radical (unpaired) electrons. The standard InChI is InChI=1S/C14H11F2NO2/c15-11-5-2-1-4-9(11)8-10(14(18)19)13-12(16)6-3-7-17-13/h1-7,10H,8H2,(H,18,19). The Hall–Kier alpha value is -2.30. The van der Waals surface area contributed by atoms with E-state index >= 15 is 0 Å². The van der Waals surface area contributed by atoms with Gasteiger partial charge in [0.05, 0.1) is 5.69 Å². The Kier molecular flexibility index (Phi) is 3.85. The number of carbonyl (C=O) groups is 1. The van der Waals surface area contributed by atoms with Crippen LogP contribution in [0, 0.1) is 11.6 Å². The third-order valence-corrected chi connectivity index (χ3v) is 2.80. The van der Waals surface area contributed by atoms with Crippen LogP contribution in [0.25, 0.3) is 0 Å². The monoisotopic (exact) mass is 263 g/mol. The molecular weight excluding hydrogens is 252 g/mol. The first-order valence-corrected chi connectivity index (χ1v) is 5.66. The molecule has 1 heterocycles. The van der Waals surface area contributed by atoms with Crippen LogP contribution >= 0.6 is 0 Å². The Balaban J connectivity index is 2.35. The molecule has 1 atom stereocenters. The van der Waals surface area contributed by atoms with E-state index in [1.807, 2.05) is 0 Å². The van der Waals surface area contributed by atoms with Crippen molar-refractivity contribution in [1.29, 1.82) is 0 Å². The van der Waals surface area contributed by atoms with E-state index < -0.39 is 23.5 Å². The maximum atomic E-state index is 13.6. The van der Waals surface area contributed by atoms with Gasteiger partial charge in [0.1, 0.15) is 17.6 Å². The van der Waals surface area contributed by atoms with Gasteiger partial charge < -0.3 is 5.11 Å². The molecule has 98 valence electrons. The topological polar surface area (TPSA) is 50.2 Å². The number of hydrogen-bond donors (Lipinski definition) is 1. The van der Waals surface area contributed by atoms with Crippen molar-refractivity contribution in [3.05, 3.63) is 65.5 Å². The molecule has 1 N–H and O–H groups in total. The van der Waals surface area contributed by atoms with E-state index in [9.17, 15) is 18.7 Å². The molecule has 0 saturated carbocycles. The zero-order valence-electron chi connectivity index (χ0n) is 9.88. The summed E-state index contributed by atoms with van der Waals surface area (Å²) >= 11 is 0. The van der Waals surface area contributed by atoms with E-state index in [-0.39, 0.29) is 17.7 Å². The lowest BCUT2D eigenvalue weighted by molar-refractivity contribution is -0.138. The van der Waals surface area contributed by atoms with Gasteiger partial charge in [-0.25, -0.2) is 8.78 Å². The van der Waals surface area contributed by atoms with Gasteiger partial charge in [0.25, 0.3) is 0 Å². The van der Waals surface area contributed by atoms with Crippen LogP contribution in [0.1, 0.15) is 17.2 Å². The van der Waals surface area contributed by atoms with Gasteiger partial charge in [0.2, 0.25) is 0 Å². The molecule has 2 rings (SSSR count). The number of rotatable bonds is 4. The number of nitrogens with zero attached hydrogens (tertiary/aromatic N) is 1. The number of hydrogen-bond acceptors (Lipinski definition) is 2. The van der Waals surface area contributed by atoms with Gasteiger partial charge in [-0.1, -0.05) is 18.2 Å². The highest BCUT2D eigenvalue weighted by Gasteiger charge is 2.25. The van der Waals surface area contributed by atoms with Gasteiger partial charge in [0.15, 0.2) is 0 Å². The van der Waals surface area contributed by atoms with Gasteiger partial charge in [-0.05, 0) is 30.2 Å². The first-order valence-electron chi connectivity index (χ1n) is 5.66. The Labute approximate surface area is 108 Å². The first kappa shape index (κ1) is 13.1. The van der Waals surface area contributed by atoms with Crippen LogP contribution in [0.3, 0.4) is 0 Å². The number of aliphatic carboxylic acids is 1. The molecule has 0 fully saturated rings. The largest absolute Gasteiger partial charge is 0.481 e. The van der Waals surface area contributed by atoms with Crippen molar-refractivity contribution in [2.24, 2.45) is 0 Å². The van der Waals surface area contributed by atoms with Gasteiger partial charge in [-0.2, -0.15) is 0 Å². The van der Waals surface area contributed by atoms with Crippen molar-refractivity contribution in [2.75, 3.05) is 0 Å². The molecule has 0 aliphatic carbocycles. The third-order valence-electron chi connectivity index (χ3n) is 2.80. The number of carboxylic acids is 1. The highest BCUT2D eigenvalue weighted by Crippen LogP contribution is 2.23. The molecule has 2 aromatic rings. The number of halogens is 2. The molecule has 1 aromatic carbocycles. The SMILES string of the molecule is O=C(O)C(Cc1ccccc1F)c1ncccc1F. The minimum Gasteiger partial charge on any atom is -0.481 e. The summed E-state index contributed by atoms with van der Waals surface area (Å²) in [5, 5.41) is 9.17. The molecule has 0 saturated heterocycles. The summed E-state index contributed by atoms with van der Waals surface area (Å²) in [5.41, 5.74) is 0.0400. The highest BCUT2D eigenvalue weighted by atomic mass is 19.1. The van der Waals surface area contributed by atoms with E-state index in [1.54, 1.807) is 6.07 Å². The van der Waals surface area contributed by atoms with Crippen molar-refractivity contribution in [1.82, 2.24) is 4.98 Å². The normalized spacial score (nSPS) is 12.1. The van der Waals surface area contributed by atoms with Crippen molar-refractivity contribution in [3.8, 4) is 0 Å². The van der Waals surface area contributed by atoms with Crippen LogP contribution in [0.15, 0.2) is 42.6 Å². The Bertz CT molecular complexity index is 602. The molecule has 0 amide bonds. The lowest BCUT2D eigenvalue weighted by Gasteiger charge is -2.13. The summed E-state index contributed by atoms with van der Waals surface area (Å²) in [5.74, 6) is -3.66. The molecule has 3 nitrogen and oxygen atoms in total. The lowest BCUT2D eigenvalue weighted by Crippen LogP contribution is -2.18. The summed E-state index contributed by atoms with van der Waals surface area (Å²) in [7, 11) is 0. The number of carboxylic acid groups (broad SMARTS) is 1. The van der Waals surface area contributed by atoms with Crippen LogP contribution in [-0.4, -0.2) is 16.1 Å². The fraction of sp³-hybridized carbons (Fsp3) is 0.143. The predicted molar refractivity (Wildman–Crippen MR) is 64.7 cm³/mol. The minimum atomic E-state index is -1.24. The second-order valence-corrected chi connectivity index (χ2v) is 4.06. The number of benzene rings is 1. The van der Waals surface area contributed by atoms with Crippen LogP contribution < -0.4 is 0 Å². The van der Waals surface area contributed by atoms with Crippen molar-refractivity contribution in [2.45, 2.75) is 12.3 Å². The second kappa shape index (κ2) is 5.56. The lowest BCUT2D eigenvalue weighted by atomic mass is 9.95. The summed E-state index contributed by atoms with van der Waals surface area (Å²) in [6, 6.07) is 8.34. The third kappa shape index (κ3) is 2.93. The summed E-state index contributed by atoms with van der Waals surface area (Å²) in [6.07, 6.45) is 1.17. The maximum absolute atomic E-state index is 13.6. The average Bonchev–Trinajstić information content (AvgIpc) is 2.38. The summed E-state index contributed by atoms with van der Waals surface area (Å²) < 4.78 is 27.1. The molecule has 1 unspecified atom stereocenters. The van der Waals surface area contributed by atoms with E-state index in [2.05, 4.69) is 4.98 Å². The summed E-state index contributed by atoms with van der Waals surface area (Å²) in [6.45, 7) is 0. The molecular formula is C14H11F2NO2. The molecule has 19 heavy (non-hydrogen) atoms. The zero-order valence-corrected chi connectivity index (χ0v) is 9.88. The van der Waals surface area contributed by atoms with Gasteiger partial charge in [-0.3, -0.25) is 9.78 Å². The molecule has 0 aliphatic heterocycles. The van der Waals surface area contributed by atoms with E-state index in [0.717, 1.165) is 6.07 Å². The van der Waals surface area contributed by atoms with Gasteiger partial charge in [0, 0.05) is 6.20 Å². The average molecular weight is 263 g/mol. The minimum absolute atomic E-state index is 0.143. The smallest absolute Gasteiger partial charge is 0.313 e. The van der Waals surface area contributed by atoms with Gasteiger partial charge in [-0.15, -0.1) is 0 Å². The van der Waals surface area contributed by atoms with Crippen molar-refractivity contribution in [3.63, 3.8) is 0 Å². The fourth-order valence-electron chi connectivity index (χ4n) is 1.84. The first-order chi connectivity index (χ1) is 9.09. The number of pyridine rings is 1. The van der Waals surface area contributed by atoms with Gasteiger partial charge >= 0.3 is 5.97 Å². The maximum Gasteiger partial charge on any atom is 0.313 e. The second-order valence-electron chi connectivity index (χ2n) is 4.06. The fourth-order valence-corrected chi connectivity index (χ4v) is 1.84. The molecule has 0 bridgehead atoms. The van der Waals surface area contributed by atoms with Crippen molar-refractivity contribution >= 4 is 5.97 Å². The molecule has 5 heteroatoms. The Morgan fingerprint density at radius 2 is 1.84 bits per heavy atom. The highest BCUT2D eigenvalue weighted by molar-refractivity contribution is 5.76. The molecule has 0 spiro atoms. The van der Waals surface area contributed by atoms with E-state index in [4.69, 9.17) is 0 Å². The summed E-state index contributed by atoms with van der Waals surface area (Å²) in [4.78, 5) is 15.0. The van der Waals surface area contributed by atoms with E-state index in [1.165, 1.54) is 30.5 Å². The van der Waals surface area contributed by atoms with Crippen LogP contribution in [-0.2, 0) is 11.2 Å². The molecule has 0 aliphatic rings. The van der Waals surface area contributed by atoms with E-state index in [0.29, 0.717) is 0 Å². The van der Waals surface area contributed by atoms with Crippen LogP contribution in [0.5, 0.6) is 0 Å². The zero-order chi connectivity index (χ0) is 13.8. The number of aromatic nitrogens is 1.